The van der Waals surface area contributed by atoms with Gasteiger partial charge in [-0.05, 0) is 24.1 Å². The summed E-state index contributed by atoms with van der Waals surface area (Å²) in [7, 11) is 0. The Morgan fingerprint density at radius 2 is 2.04 bits per heavy atom. The van der Waals surface area contributed by atoms with Crippen molar-refractivity contribution in [2.45, 2.75) is 18.9 Å². The van der Waals surface area contributed by atoms with Gasteiger partial charge in [-0.25, -0.2) is 4.39 Å². The maximum absolute atomic E-state index is 13.4. The van der Waals surface area contributed by atoms with Crippen LogP contribution >= 0.6 is 0 Å². The predicted octanol–water partition coefficient (Wildman–Crippen LogP) is 3.03. The number of nitrogens with zero attached hydrogens (tertiary/aromatic N) is 1. The lowest BCUT2D eigenvalue weighted by molar-refractivity contribution is -0.119. The molecule has 1 amide bonds. The van der Waals surface area contributed by atoms with Gasteiger partial charge in [0.2, 0.25) is 5.91 Å². The van der Waals surface area contributed by atoms with Crippen molar-refractivity contribution in [2.24, 2.45) is 5.73 Å². The summed E-state index contributed by atoms with van der Waals surface area (Å²) in [4.78, 5) is 14.3. The van der Waals surface area contributed by atoms with Crippen LogP contribution in [0, 0.1) is 5.82 Å². The van der Waals surface area contributed by atoms with Crippen LogP contribution in [0.5, 0.6) is 5.75 Å². The SMILES string of the molecule is N[C@@H](CC(=O)N1CCCOc2cc(F)ccc21)c1ccccc1. The Labute approximate surface area is 134 Å². The molecule has 0 spiro atoms. The number of carbonyl (C=O) groups is 1. The number of rotatable bonds is 3. The number of anilines is 1. The number of amides is 1. The summed E-state index contributed by atoms with van der Waals surface area (Å²) < 4.78 is 18.9. The number of benzene rings is 2. The standard InChI is InChI=1S/C18H19FN2O2/c19-14-7-8-16-17(11-14)23-10-4-9-21(16)18(22)12-15(20)13-5-2-1-3-6-13/h1-3,5-8,11,15H,4,9-10,12,20H2/t15-/m0/s1. The zero-order chi connectivity index (χ0) is 16.2. The molecule has 1 atom stereocenters. The number of hydrogen-bond donors (Lipinski definition) is 1. The molecule has 120 valence electrons. The summed E-state index contributed by atoms with van der Waals surface area (Å²) in [5.41, 5.74) is 7.68. The first-order chi connectivity index (χ1) is 11.1. The van der Waals surface area contributed by atoms with E-state index in [9.17, 15) is 9.18 Å². The maximum atomic E-state index is 13.4. The number of hydrogen-bond acceptors (Lipinski definition) is 3. The second-order valence-electron chi connectivity index (χ2n) is 5.58. The van der Waals surface area contributed by atoms with Gasteiger partial charge in [-0.15, -0.1) is 0 Å². The van der Waals surface area contributed by atoms with Crippen LogP contribution in [0.4, 0.5) is 10.1 Å². The Balaban J connectivity index is 1.79. The molecule has 1 aliphatic rings. The molecule has 0 fully saturated rings. The molecule has 0 radical (unpaired) electrons. The first-order valence-electron chi connectivity index (χ1n) is 7.68. The highest BCUT2D eigenvalue weighted by Gasteiger charge is 2.24. The Morgan fingerprint density at radius 3 is 2.83 bits per heavy atom. The maximum Gasteiger partial charge on any atom is 0.229 e. The van der Waals surface area contributed by atoms with Gasteiger partial charge >= 0.3 is 0 Å². The van der Waals surface area contributed by atoms with Crippen LogP contribution in [0.1, 0.15) is 24.4 Å². The van der Waals surface area contributed by atoms with Crippen LogP contribution in [0.3, 0.4) is 0 Å². The van der Waals surface area contributed by atoms with Gasteiger partial charge in [0.25, 0.3) is 0 Å². The number of halogens is 1. The molecule has 2 aromatic rings. The van der Waals surface area contributed by atoms with Gasteiger partial charge in [-0.3, -0.25) is 4.79 Å². The van der Waals surface area contributed by atoms with E-state index in [-0.39, 0.29) is 24.2 Å². The number of ether oxygens (including phenoxy) is 1. The monoisotopic (exact) mass is 314 g/mol. The van der Waals surface area contributed by atoms with Gasteiger partial charge in [0.15, 0.2) is 0 Å². The highest BCUT2D eigenvalue weighted by molar-refractivity contribution is 5.95. The van der Waals surface area contributed by atoms with Crippen molar-refractivity contribution in [3.8, 4) is 5.75 Å². The van der Waals surface area contributed by atoms with Gasteiger partial charge in [0.05, 0.1) is 12.3 Å². The van der Waals surface area contributed by atoms with Crippen molar-refractivity contribution >= 4 is 11.6 Å². The van der Waals surface area contributed by atoms with Crippen LogP contribution in [-0.2, 0) is 4.79 Å². The molecule has 1 heterocycles. The molecular formula is C18H19FN2O2. The average Bonchev–Trinajstić information content (AvgIpc) is 2.77. The lowest BCUT2D eigenvalue weighted by atomic mass is 10.0. The zero-order valence-corrected chi connectivity index (χ0v) is 12.7. The quantitative estimate of drug-likeness (QED) is 0.947. The van der Waals surface area contributed by atoms with E-state index in [0.29, 0.717) is 31.0 Å². The lowest BCUT2D eigenvalue weighted by Gasteiger charge is -2.23. The fourth-order valence-corrected chi connectivity index (χ4v) is 2.73. The van der Waals surface area contributed by atoms with Gasteiger partial charge < -0.3 is 15.4 Å². The molecule has 4 nitrogen and oxygen atoms in total. The number of nitrogens with two attached hydrogens (primary N) is 1. The molecule has 0 unspecified atom stereocenters. The Kier molecular flexibility index (Phi) is 4.57. The van der Waals surface area contributed by atoms with Crippen LogP contribution in [-0.4, -0.2) is 19.1 Å². The summed E-state index contributed by atoms with van der Waals surface area (Å²) in [6.45, 7) is 1.00. The van der Waals surface area contributed by atoms with Gasteiger partial charge in [-0.2, -0.15) is 0 Å². The van der Waals surface area contributed by atoms with E-state index in [2.05, 4.69) is 0 Å². The van der Waals surface area contributed by atoms with E-state index in [0.717, 1.165) is 5.56 Å². The van der Waals surface area contributed by atoms with Crippen molar-refractivity contribution in [3.63, 3.8) is 0 Å². The van der Waals surface area contributed by atoms with E-state index in [1.54, 1.807) is 11.0 Å². The lowest BCUT2D eigenvalue weighted by Crippen LogP contribution is -2.33. The third-order valence-corrected chi connectivity index (χ3v) is 3.92. The largest absolute Gasteiger partial charge is 0.491 e. The Hall–Kier alpha value is -2.40. The van der Waals surface area contributed by atoms with E-state index >= 15 is 0 Å². The van der Waals surface area contributed by atoms with Crippen LogP contribution < -0.4 is 15.4 Å². The normalized spacial score (nSPS) is 15.3. The predicted molar refractivity (Wildman–Crippen MR) is 86.9 cm³/mol. The van der Waals surface area contributed by atoms with Crippen molar-refractivity contribution < 1.29 is 13.9 Å². The molecule has 0 bridgehead atoms. The highest BCUT2D eigenvalue weighted by atomic mass is 19.1. The molecule has 0 saturated carbocycles. The molecule has 23 heavy (non-hydrogen) atoms. The summed E-state index contributed by atoms with van der Waals surface area (Å²) >= 11 is 0. The minimum atomic E-state index is -0.376. The smallest absolute Gasteiger partial charge is 0.229 e. The highest BCUT2D eigenvalue weighted by Crippen LogP contribution is 2.32. The van der Waals surface area contributed by atoms with Crippen molar-refractivity contribution in [3.05, 3.63) is 59.9 Å². The summed E-state index contributed by atoms with van der Waals surface area (Å²) in [5, 5.41) is 0. The third kappa shape index (κ3) is 3.51. The first-order valence-corrected chi connectivity index (χ1v) is 7.68. The second kappa shape index (κ2) is 6.79. The second-order valence-corrected chi connectivity index (χ2v) is 5.58. The van der Waals surface area contributed by atoms with E-state index in [4.69, 9.17) is 10.5 Å². The fraction of sp³-hybridized carbons (Fsp3) is 0.278. The molecule has 2 N–H and O–H groups in total. The minimum absolute atomic E-state index is 0.0836. The Morgan fingerprint density at radius 1 is 1.26 bits per heavy atom. The molecule has 5 heteroatoms. The zero-order valence-electron chi connectivity index (χ0n) is 12.7. The molecule has 0 saturated heterocycles. The van der Waals surface area contributed by atoms with Crippen LogP contribution in [0.2, 0.25) is 0 Å². The van der Waals surface area contributed by atoms with Gasteiger partial charge in [0, 0.05) is 25.1 Å². The molecular weight excluding hydrogens is 295 g/mol. The molecule has 1 aliphatic heterocycles. The average molecular weight is 314 g/mol. The van der Waals surface area contributed by atoms with E-state index in [1.807, 2.05) is 30.3 Å². The fourth-order valence-electron chi connectivity index (χ4n) is 2.73. The molecule has 0 aromatic heterocycles. The van der Waals surface area contributed by atoms with Gasteiger partial charge in [0.1, 0.15) is 11.6 Å². The molecule has 2 aromatic carbocycles. The van der Waals surface area contributed by atoms with Crippen molar-refractivity contribution in [1.29, 1.82) is 0 Å². The molecule has 3 rings (SSSR count). The minimum Gasteiger partial charge on any atom is -0.491 e. The van der Waals surface area contributed by atoms with Crippen molar-refractivity contribution in [2.75, 3.05) is 18.1 Å². The summed E-state index contributed by atoms with van der Waals surface area (Å²) in [5.74, 6) is -0.0529. The third-order valence-electron chi connectivity index (χ3n) is 3.92. The van der Waals surface area contributed by atoms with Crippen LogP contribution in [0.15, 0.2) is 48.5 Å². The Bertz CT molecular complexity index is 691. The number of carbonyl (C=O) groups excluding carboxylic acids is 1. The summed E-state index contributed by atoms with van der Waals surface area (Å²) in [6, 6.07) is 13.4. The topological polar surface area (TPSA) is 55.6 Å². The van der Waals surface area contributed by atoms with E-state index in [1.165, 1.54) is 12.1 Å². The summed E-state index contributed by atoms with van der Waals surface area (Å²) in [6.07, 6.45) is 0.892. The van der Waals surface area contributed by atoms with Crippen molar-refractivity contribution in [1.82, 2.24) is 0 Å². The number of fused-ring (bicyclic) bond motifs is 1. The molecule has 0 aliphatic carbocycles. The van der Waals surface area contributed by atoms with Crippen LogP contribution in [0.25, 0.3) is 0 Å². The van der Waals surface area contributed by atoms with E-state index < -0.39 is 0 Å². The van der Waals surface area contributed by atoms with Gasteiger partial charge in [-0.1, -0.05) is 30.3 Å². The first kappa shape index (κ1) is 15.5.